The van der Waals surface area contributed by atoms with Gasteiger partial charge in [0.15, 0.2) is 0 Å². The summed E-state index contributed by atoms with van der Waals surface area (Å²) in [5, 5.41) is -0.0649. The molecule has 0 atom stereocenters. The van der Waals surface area contributed by atoms with Gasteiger partial charge in [0.05, 0.1) is 10.6 Å². The quantitative estimate of drug-likeness (QED) is 0.431. The van der Waals surface area contributed by atoms with Gasteiger partial charge < -0.3 is 0 Å². The standard InChI is InChI=1S/C24H28ClF3/c1-2-4-16-7-9-17(10-8-16)5-3-6-18-13-22(27)24(23(28)14-18)19-11-12-20(25)21(26)15-19/h11-17H,2-10H2,1H3. The van der Waals surface area contributed by atoms with Crippen molar-refractivity contribution in [3.8, 4) is 11.1 Å². The Labute approximate surface area is 171 Å². The van der Waals surface area contributed by atoms with E-state index in [-0.39, 0.29) is 16.1 Å². The lowest BCUT2D eigenvalue weighted by atomic mass is 9.78. The highest BCUT2D eigenvalue weighted by Crippen LogP contribution is 2.34. The molecule has 152 valence electrons. The molecule has 0 radical (unpaired) electrons. The van der Waals surface area contributed by atoms with E-state index in [1.165, 1.54) is 62.8 Å². The summed E-state index contributed by atoms with van der Waals surface area (Å²) in [5.74, 6) is -0.349. The lowest BCUT2D eigenvalue weighted by Crippen LogP contribution is -2.14. The molecule has 1 fully saturated rings. The van der Waals surface area contributed by atoms with Gasteiger partial charge in [-0.05, 0) is 60.1 Å². The number of rotatable bonds is 7. The molecule has 0 saturated heterocycles. The van der Waals surface area contributed by atoms with Gasteiger partial charge in [-0.25, -0.2) is 13.2 Å². The Morgan fingerprint density at radius 3 is 2.04 bits per heavy atom. The fraction of sp³-hybridized carbons (Fsp3) is 0.500. The predicted molar refractivity (Wildman–Crippen MR) is 110 cm³/mol. The van der Waals surface area contributed by atoms with E-state index in [0.717, 1.165) is 30.7 Å². The Bertz CT molecular complexity index is 771. The molecular formula is C24H28ClF3. The van der Waals surface area contributed by atoms with Crippen LogP contribution in [0.15, 0.2) is 30.3 Å². The maximum atomic E-state index is 14.5. The zero-order valence-electron chi connectivity index (χ0n) is 16.4. The van der Waals surface area contributed by atoms with Crippen LogP contribution in [-0.4, -0.2) is 0 Å². The van der Waals surface area contributed by atoms with Gasteiger partial charge in [0, 0.05) is 0 Å². The molecule has 2 aromatic carbocycles. The fourth-order valence-electron chi connectivity index (χ4n) is 4.51. The highest BCUT2D eigenvalue weighted by molar-refractivity contribution is 6.30. The largest absolute Gasteiger partial charge is 0.206 e. The topological polar surface area (TPSA) is 0 Å². The van der Waals surface area contributed by atoms with E-state index in [9.17, 15) is 13.2 Å². The second-order valence-electron chi connectivity index (χ2n) is 8.13. The normalized spacial score (nSPS) is 19.8. The average molecular weight is 409 g/mol. The first-order valence-electron chi connectivity index (χ1n) is 10.4. The number of halogens is 4. The second-order valence-corrected chi connectivity index (χ2v) is 8.54. The summed E-state index contributed by atoms with van der Waals surface area (Å²) < 4.78 is 42.7. The predicted octanol–water partition coefficient (Wildman–Crippen LogP) is 8.35. The summed E-state index contributed by atoms with van der Waals surface area (Å²) in [6, 6.07) is 6.57. The maximum Gasteiger partial charge on any atom is 0.142 e. The molecule has 28 heavy (non-hydrogen) atoms. The van der Waals surface area contributed by atoms with Gasteiger partial charge in [0.25, 0.3) is 0 Å². The van der Waals surface area contributed by atoms with Gasteiger partial charge in [-0.3, -0.25) is 0 Å². The summed E-state index contributed by atoms with van der Waals surface area (Å²) in [6.07, 6.45) is 10.6. The summed E-state index contributed by atoms with van der Waals surface area (Å²) in [6.45, 7) is 2.25. The Kier molecular flexibility index (Phi) is 7.45. The van der Waals surface area contributed by atoms with Crippen molar-refractivity contribution in [3.63, 3.8) is 0 Å². The Morgan fingerprint density at radius 2 is 1.46 bits per heavy atom. The van der Waals surface area contributed by atoms with Crippen molar-refractivity contribution < 1.29 is 13.2 Å². The zero-order valence-corrected chi connectivity index (χ0v) is 17.2. The Morgan fingerprint density at radius 1 is 0.857 bits per heavy atom. The lowest BCUT2D eigenvalue weighted by Gasteiger charge is -2.28. The van der Waals surface area contributed by atoms with Crippen LogP contribution in [0, 0.1) is 29.3 Å². The summed E-state index contributed by atoms with van der Waals surface area (Å²) in [5.41, 5.74) is 0.619. The number of hydrogen-bond acceptors (Lipinski definition) is 0. The second kappa shape index (κ2) is 9.82. The molecule has 0 aromatic heterocycles. The van der Waals surface area contributed by atoms with Gasteiger partial charge >= 0.3 is 0 Å². The number of benzene rings is 2. The lowest BCUT2D eigenvalue weighted by molar-refractivity contribution is 0.249. The van der Waals surface area contributed by atoms with Crippen molar-refractivity contribution in [2.24, 2.45) is 11.8 Å². The molecule has 0 nitrogen and oxygen atoms in total. The van der Waals surface area contributed by atoms with Crippen LogP contribution >= 0.6 is 11.6 Å². The smallest absolute Gasteiger partial charge is 0.142 e. The summed E-state index contributed by atoms with van der Waals surface area (Å²) in [4.78, 5) is 0. The first-order valence-corrected chi connectivity index (χ1v) is 10.8. The van der Waals surface area contributed by atoms with Crippen molar-refractivity contribution in [2.75, 3.05) is 0 Å². The molecule has 4 heteroatoms. The van der Waals surface area contributed by atoms with Crippen molar-refractivity contribution in [3.05, 3.63) is 58.4 Å². The van der Waals surface area contributed by atoms with Crippen LogP contribution in [0.25, 0.3) is 11.1 Å². The van der Waals surface area contributed by atoms with E-state index in [0.29, 0.717) is 12.0 Å². The van der Waals surface area contributed by atoms with E-state index in [2.05, 4.69) is 6.92 Å². The third-order valence-electron chi connectivity index (χ3n) is 6.05. The molecule has 0 unspecified atom stereocenters. The minimum Gasteiger partial charge on any atom is -0.206 e. The van der Waals surface area contributed by atoms with E-state index in [1.807, 2.05) is 0 Å². The maximum absolute atomic E-state index is 14.5. The highest BCUT2D eigenvalue weighted by atomic mass is 35.5. The van der Waals surface area contributed by atoms with E-state index >= 15 is 0 Å². The number of hydrogen-bond donors (Lipinski definition) is 0. The third-order valence-corrected chi connectivity index (χ3v) is 6.36. The first-order chi connectivity index (χ1) is 13.5. The van der Waals surface area contributed by atoms with Crippen LogP contribution in [0.4, 0.5) is 13.2 Å². The van der Waals surface area contributed by atoms with E-state index in [4.69, 9.17) is 11.6 Å². The molecule has 1 aliphatic carbocycles. The first kappa shape index (κ1) is 21.2. The summed E-state index contributed by atoms with van der Waals surface area (Å²) in [7, 11) is 0. The molecule has 3 rings (SSSR count). The van der Waals surface area contributed by atoms with Crippen molar-refractivity contribution in [2.45, 2.75) is 64.7 Å². The monoisotopic (exact) mass is 408 g/mol. The number of aryl methyl sites for hydroxylation is 1. The minimum absolute atomic E-state index is 0.0649. The van der Waals surface area contributed by atoms with Crippen LogP contribution in [0.5, 0.6) is 0 Å². The summed E-state index contributed by atoms with van der Waals surface area (Å²) >= 11 is 5.66. The molecule has 0 N–H and O–H groups in total. The molecule has 0 aliphatic heterocycles. The molecule has 2 aromatic rings. The average Bonchev–Trinajstić information content (AvgIpc) is 2.66. The fourth-order valence-corrected chi connectivity index (χ4v) is 4.63. The van der Waals surface area contributed by atoms with Crippen LogP contribution < -0.4 is 0 Å². The highest BCUT2D eigenvalue weighted by Gasteiger charge is 2.20. The molecule has 0 bridgehead atoms. The van der Waals surface area contributed by atoms with Gasteiger partial charge in [0.2, 0.25) is 0 Å². The van der Waals surface area contributed by atoms with E-state index < -0.39 is 17.5 Å². The molecule has 0 spiro atoms. The Hall–Kier alpha value is -1.48. The van der Waals surface area contributed by atoms with Gasteiger partial charge in [-0.2, -0.15) is 0 Å². The van der Waals surface area contributed by atoms with Crippen molar-refractivity contribution >= 4 is 11.6 Å². The molecule has 1 aliphatic rings. The van der Waals surface area contributed by atoms with E-state index in [1.54, 1.807) is 0 Å². The van der Waals surface area contributed by atoms with Crippen LogP contribution in [0.1, 0.15) is 63.9 Å². The van der Waals surface area contributed by atoms with Crippen molar-refractivity contribution in [1.29, 1.82) is 0 Å². The van der Waals surface area contributed by atoms with Gasteiger partial charge in [-0.15, -0.1) is 0 Å². The minimum atomic E-state index is -0.685. The van der Waals surface area contributed by atoms with Gasteiger partial charge in [0.1, 0.15) is 17.5 Å². The Balaban J connectivity index is 1.58. The molecule has 0 amide bonds. The SMILES string of the molecule is CCCC1CCC(CCCc2cc(F)c(-c3ccc(Cl)c(F)c3)c(F)c2)CC1. The molecule has 1 saturated carbocycles. The van der Waals surface area contributed by atoms with Crippen LogP contribution in [0.3, 0.4) is 0 Å². The van der Waals surface area contributed by atoms with Gasteiger partial charge in [-0.1, -0.05) is 69.5 Å². The molecular weight excluding hydrogens is 381 g/mol. The zero-order chi connectivity index (χ0) is 20.1. The van der Waals surface area contributed by atoms with Crippen LogP contribution in [-0.2, 0) is 6.42 Å². The van der Waals surface area contributed by atoms with Crippen molar-refractivity contribution in [1.82, 2.24) is 0 Å². The van der Waals surface area contributed by atoms with Crippen LogP contribution in [0.2, 0.25) is 5.02 Å². The molecule has 0 heterocycles. The third kappa shape index (κ3) is 5.31.